The largest absolute Gasteiger partial charge is 0.427 e. The summed E-state index contributed by atoms with van der Waals surface area (Å²) < 4.78 is 5.86. The standard InChI is InChI=1S/C9H9BrO2S/c1-6(11)12-7-3-4-9(13-2)8(10)5-7/h3-5H,1-2H3. The summed E-state index contributed by atoms with van der Waals surface area (Å²) in [5.41, 5.74) is 0. The second-order valence-electron chi connectivity index (χ2n) is 2.39. The normalized spacial score (nSPS) is 9.77. The van der Waals surface area contributed by atoms with Crippen molar-refractivity contribution in [2.24, 2.45) is 0 Å². The molecule has 0 aromatic heterocycles. The summed E-state index contributed by atoms with van der Waals surface area (Å²) in [6, 6.07) is 5.47. The van der Waals surface area contributed by atoms with Crippen molar-refractivity contribution in [3.8, 4) is 5.75 Å². The van der Waals surface area contributed by atoms with E-state index < -0.39 is 0 Å². The Balaban J connectivity index is 2.89. The first-order chi connectivity index (χ1) is 6.13. The van der Waals surface area contributed by atoms with E-state index in [-0.39, 0.29) is 5.97 Å². The first-order valence-electron chi connectivity index (χ1n) is 3.65. The number of ether oxygens (including phenoxy) is 1. The predicted molar refractivity (Wildman–Crippen MR) is 57.2 cm³/mol. The van der Waals surface area contributed by atoms with Gasteiger partial charge in [0.1, 0.15) is 5.75 Å². The number of halogens is 1. The molecule has 0 saturated carbocycles. The Morgan fingerprint density at radius 3 is 2.69 bits per heavy atom. The maximum Gasteiger partial charge on any atom is 0.308 e. The van der Waals surface area contributed by atoms with Crippen LogP contribution in [-0.2, 0) is 4.79 Å². The topological polar surface area (TPSA) is 26.3 Å². The van der Waals surface area contributed by atoms with Gasteiger partial charge in [-0.25, -0.2) is 0 Å². The van der Waals surface area contributed by atoms with Gasteiger partial charge in [0.2, 0.25) is 0 Å². The smallest absolute Gasteiger partial charge is 0.308 e. The van der Waals surface area contributed by atoms with Gasteiger partial charge in [0.05, 0.1) is 0 Å². The van der Waals surface area contributed by atoms with Crippen LogP contribution in [0.15, 0.2) is 27.6 Å². The minimum Gasteiger partial charge on any atom is -0.427 e. The Bertz CT molecular complexity index is 325. The number of rotatable bonds is 2. The molecule has 2 nitrogen and oxygen atoms in total. The molecule has 0 aliphatic carbocycles. The van der Waals surface area contributed by atoms with Gasteiger partial charge >= 0.3 is 5.97 Å². The predicted octanol–water partition coefficient (Wildman–Crippen LogP) is 3.10. The van der Waals surface area contributed by atoms with Gasteiger partial charge in [0.15, 0.2) is 0 Å². The molecular formula is C9H9BrO2S. The molecule has 0 aliphatic heterocycles. The van der Waals surface area contributed by atoms with Crippen molar-refractivity contribution >= 4 is 33.7 Å². The number of carbonyl (C=O) groups excluding carboxylic acids is 1. The Morgan fingerprint density at radius 2 is 2.23 bits per heavy atom. The van der Waals surface area contributed by atoms with Crippen LogP contribution >= 0.6 is 27.7 Å². The number of thioether (sulfide) groups is 1. The van der Waals surface area contributed by atoms with Gasteiger partial charge in [-0.05, 0) is 40.4 Å². The van der Waals surface area contributed by atoms with E-state index in [1.165, 1.54) is 6.92 Å². The Hall–Kier alpha value is -0.480. The molecule has 1 aromatic rings. The van der Waals surface area contributed by atoms with Gasteiger partial charge in [-0.2, -0.15) is 0 Å². The Morgan fingerprint density at radius 1 is 1.54 bits per heavy atom. The molecule has 70 valence electrons. The van der Waals surface area contributed by atoms with Crippen LogP contribution in [0.3, 0.4) is 0 Å². The number of hydrogen-bond donors (Lipinski definition) is 0. The lowest BCUT2D eigenvalue weighted by Gasteiger charge is -2.04. The van der Waals surface area contributed by atoms with Crippen molar-refractivity contribution in [3.05, 3.63) is 22.7 Å². The molecule has 0 aliphatic rings. The highest BCUT2D eigenvalue weighted by molar-refractivity contribution is 9.10. The lowest BCUT2D eigenvalue weighted by Crippen LogP contribution is -2.00. The average Bonchev–Trinajstić information content (AvgIpc) is 2.03. The zero-order valence-electron chi connectivity index (χ0n) is 7.33. The van der Waals surface area contributed by atoms with E-state index >= 15 is 0 Å². The molecule has 0 unspecified atom stereocenters. The van der Waals surface area contributed by atoms with Gasteiger partial charge < -0.3 is 4.74 Å². The summed E-state index contributed by atoms with van der Waals surface area (Å²) in [6.45, 7) is 1.39. The van der Waals surface area contributed by atoms with Crippen molar-refractivity contribution in [1.82, 2.24) is 0 Å². The maximum atomic E-state index is 10.6. The van der Waals surface area contributed by atoms with E-state index in [0.717, 1.165) is 9.37 Å². The van der Waals surface area contributed by atoms with Crippen LogP contribution in [0.1, 0.15) is 6.92 Å². The van der Waals surface area contributed by atoms with Crippen molar-refractivity contribution in [1.29, 1.82) is 0 Å². The molecule has 0 atom stereocenters. The first kappa shape index (κ1) is 10.6. The van der Waals surface area contributed by atoms with Crippen LogP contribution in [0.4, 0.5) is 0 Å². The maximum absolute atomic E-state index is 10.6. The van der Waals surface area contributed by atoms with Crippen molar-refractivity contribution in [2.45, 2.75) is 11.8 Å². The Labute approximate surface area is 89.8 Å². The SMILES string of the molecule is CSc1ccc(OC(C)=O)cc1Br. The number of hydrogen-bond acceptors (Lipinski definition) is 3. The van der Waals surface area contributed by atoms with Crippen LogP contribution < -0.4 is 4.74 Å². The highest BCUT2D eigenvalue weighted by Gasteiger charge is 2.02. The summed E-state index contributed by atoms with van der Waals surface area (Å²) >= 11 is 5.02. The van der Waals surface area contributed by atoms with Crippen LogP contribution in [-0.4, -0.2) is 12.2 Å². The van der Waals surface area contributed by atoms with Gasteiger partial charge in [0, 0.05) is 16.3 Å². The zero-order chi connectivity index (χ0) is 9.84. The second-order valence-corrected chi connectivity index (χ2v) is 4.09. The number of benzene rings is 1. The minimum atomic E-state index is -0.302. The zero-order valence-corrected chi connectivity index (χ0v) is 9.74. The second kappa shape index (κ2) is 4.67. The lowest BCUT2D eigenvalue weighted by molar-refractivity contribution is -0.131. The van der Waals surface area contributed by atoms with E-state index in [1.54, 1.807) is 23.9 Å². The Kier molecular flexibility index (Phi) is 3.81. The van der Waals surface area contributed by atoms with Crippen LogP contribution in [0, 0.1) is 0 Å². The number of esters is 1. The van der Waals surface area contributed by atoms with Crippen LogP contribution in [0.25, 0.3) is 0 Å². The molecule has 1 rings (SSSR count). The van der Waals surface area contributed by atoms with Crippen LogP contribution in [0.2, 0.25) is 0 Å². The van der Waals surface area contributed by atoms with Crippen molar-refractivity contribution < 1.29 is 9.53 Å². The van der Waals surface area contributed by atoms with Gasteiger partial charge in [-0.3, -0.25) is 4.79 Å². The quantitative estimate of drug-likeness (QED) is 0.465. The molecule has 0 radical (unpaired) electrons. The first-order valence-corrected chi connectivity index (χ1v) is 5.67. The number of carbonyl (C=O) groups is 1. The molecular weight excluding hydrogens is 252 g/mol. The van der Waals surface area contributed by atoms with E-state index in [9.17, 15) is 4.79 Å². The van der Waals surface area contributed by atoms with Gasteiger partial charge in [-0.1, -0.05) is 0 Å². The third-order valence-corrected chi connectivity index (χ3v) is 3.10. The highest BCUT2D eigenvalue weighted by atomic mass is 79.9. The third-order valence-electron chi connectivity index (χ3n) is 1.38. The summed E-state index contributed by atoms with van der Waals surface area (Å²) in [5.74, 6) is 0.265. The molecule has 0 N–H and O–H groups in total. The molecule has 1 aromatic carbocycles. The molecule has 0 bridgehead atoms. The van der Waals surface area contributed by atoms with Crippen molar-refractivity contribution in [2.75, 3.05) is 6.26 Å². The van der Waals surface area contributed by atoms with Gasteiger partial charge in [-0.15, -0.1) is 11.8 Å². The molecule has 13 heavy (non-hydrogen) atoms. The fourth-order valence-corrected chi connectivity index (χ4v) is 2.18. The van der Waals surface area contributed by atoms with E-state index in [0.29, 0.717) is 5.75 Å². The van der Waals surface area contributed by atoms with E-state index in [1.807, 2.05) is 12.3 Å². The fourth-order valence-electron chi connectivity index (χ4n) is 0.877. The summed E-state index contributed by atoms with van der Waals surface area (Å²) in [5, 5.41) is 0. The van der Waals surface area contributed by atoms with Gasteiger partial charge in [0.25, 0.3) is 0 Å². The highest BCUT2D eigenvalue weighted by Crippen LogP contribution is 2.29. The molecule has 0 fully saturated rings. The third kappa shape index (κ3) is 3.04. The summed E-state index contributed by atoms with van der Waals surface area (Å²) in [6.07, 6.45) is 1.99. The molecule has 0 saturated heterocycles. The van der Waals surface area contributed by atoms with Crippen molar-refractivity contribution in [3.63, 3.8) is 0 Å². The van der Waals surface area contributed by atoms with Crippen LogP contribution in [0.5, 0.6) is 5.75 Å². The summed E-state index contributed by atoms with van der Waals surface area (Å²) in [4.78, 5) is 11.8. The fraction of sp³-hybridized carbons (Fsp3) is 0.222. The molecule has 4 heteroatoms. The van der Waals surface area contributed by atoms with E-state index in [2.05, 4.69) is 15.9 Å². The monoisotopic (exact) mass is 260 g/mol. The van der Waals surface area contributed by atoms with E-state index in [4.69, 9.17) is 4.74 Å². The molecule has 0 amide bonds. The minimum absolute atomic E-state index is 0.302. The lowest BCUT2D eigenvalue weighted by atomic mass is 10.3. The summed E-state index contributed by atoms with van der Waals surface area (Å²) in [7, 11) is 0. The molecule has 0 heterocycles. The molecule has 0 spiro atoms. The average molecular weight is 261 g/mol.